The number of imidazole rings is 1. The first-order valence-electron chi connectivity index (χ1n) is 22.9. The van der Waals surface area contributed by atoms with Gasteiger partial charge in [0.2, 0.25) is 41.4 Å². The summed E-state index contributed by atoms with van der Waals surface area (Å²) in [6.07, 6.45) is 4.98. The summed E-state index contributed by atoms with van der Waals surface area (Å²) in [6, 6.07) is 20.9. The van der Waals surface area contributed by atoms with Gasteiger partial charge < -0.3 is 26.2 Å². The summed E-state index contributed by atoms with van der Waals surface area (Å²) in [7, 11) is 1.64. The summed E-state index contributed by atoms with van der Waals surface area (Å²) < 4.78 is 2.92. The van der Waals surface area contributed by atoms with Crippen LogP contribution in [0.25, 0.3) is 11.0 Å². The van der Waals surface area contributed by atoms with E-state index in [-0.39, 0.29) is 61.7 Å². The van der Waals surface area contributed by atoms with Crippen molar-refractivity contribution < 1.29 is 33.6 Å². The van der Waals surface area contributed by atoms with Gasteiger partial charge in [-0.25, -0.2) is 4.79 Å². The molecule has 4 heterocycles. The molecule has 1 unspecified atom stereocenters. The van der Waals surface area contributed by atoms with Crippen LogP contribution < -0.4 is 27.4 Å². The third-order valence-electron chi connectivity index (χ3n) is 13.0. The van der Waals surface area contributed by atoms with Crippen molar-refractivity contribution in [1.29, 1.82) is 0 Å². The fourth-order valence-corrected chi connectivity index (χ4v) is 9.42. The van der Waals surface area contributed by atoms with E-state index in [2.05, 4.69) is 27.8 Å². The summed E-state index contributed by atoms with van der Waals surface area (Å²) >= 11 is 0. The van der Waals surface area contributed by atoms with Crippen molar-refractivity contribution >= 4 is 52.4 Å². The number of hydrogen-bond acceptors (Lipinski definition) is 8. The first-order valence-corrected chi connectivity index (χ1v) is 22.9. The average Bonchev–Trinajstić information content (AvgIpc) is 3.84. The standard InChI is InChI=1S/C50H58N8O8/c1-32-31-56(44(61)19-13-5-3-4-8-14-33-20-23-38-41(30-33)55(2)50(66)58(38)40-25-27-43(60)53-48(40)64)29-28-36-21-24-39(57(36)49(32)65)47(63)52-37(22-26-42(51)59)46(62)54-45(34-15-9-6-10-16-34)35-17-11-7-12-18-35/h6-7,9-12,15-18,20,23,30,32,36-37,39-40,45H,3-5,13,19,21-22,24-29,31H2,1-2H3,(H2,51,59)(H,52,63)(H,54,62)(H,53,60,64)/t32-,36+,37-,39-,40?/m0/s1. The normalized spacial score (nSPS) is 20.1. The Morgan fingerprint density at radius 3 is 2.23 bits per heavy atom. The van der Waals surface area contributed by atoms with Gasteiger partial charge in [0.25, 0.3) is 0 Å². The zero-order valence-corrected chi connectivity index (χ0v) is 37.5. The van der Waals surface area contributed by atoms with E-state index >= 15 is 0 Å². The Labute approximate surface area is 383 Å². The Kier molecular flexibility index (Phi) is 15.2. The van der Waals surface area contributed by atoms with Crippen molar-refractivity contribution in [1.82, 2.24) is 34.9 Å². The molecule has 7 amide bonds. The smallest absolute Gasteiger partial charge is 0.329 e. The van der Waals surface area contributed by atoms with Gasteiger partial charge in [0.15, 0.2) is 0 Å². The number of carbonyl (C=O) groups excluding carboxylic acids is 7. The molecule has 3 fully saturated rings. The van der Waals surface area contributed by atoms with Crippen LogP contribution in [0.4, 0.5) is 0 Å². The number of aryl methyl sites for hydroxylation is 1. The lowest BCUT2D eigenvalue weighted by molar-refractivity contribution is -0.147. The third-order valence-corrected chi connectivity index (χ3v) is 13.0. The molecule has 1 aromatic heterocycles. The Balaban J connectivity index is 0.896. The van der Waals surface area contributed by atoms with Gasteiger partial charge in [-0.2, -0.15) is 0 Å². The molecule has 3 saturated heterocycles. The number of benzene rings is 3. The molecule has 3 aliphatic heterocycles. The van der Waals surface area contributed by atoms with E-state index in [1.165, 1.54) is 9.13 Å². The van der Waals surface area contributed by atoms with Crippen LogP contribution in [0.2, 0.25) is 0 Å². The van der Waals surface area contributed by atoms with Gasteiger partial charge in [-0.15, -0.1) is 0 Å². The number of nitrogens with one attached hydrogen (secondary N) is 3. The maximum absolute atomic E-state index is 14.0. The highest BCUT2D eigenvalue weighted by Gasteiger charge is 2.44. The van der Waals surface area contributed by atoms with Crippen molar-refractivity contribution in [3.63, 3.8) is 0 Å². The molecule has 7 rings (SSSR count). The molecule has 66 heavy (non-hydrogen) atoms. The summed E-state index contributed by atoms with van der Waals surface area (Å²) in [5.41, 5.74) is 8.80. The molecule has 3 aliphatic rings. The van der Waals surface area contributed by atoms with Crippen LogP contribution in [0.5, 0.6) is 0 Å². The fourth-order valence-electron chi connectivity index (χ4n) is 9.42. The molecule has 0 spiro atoms. The zero-order valence-electron chi connectivity index (χ0n) is 37.5. The van der Waals surface area contributed by atoms with Gasteiger partial charge in [0.1, 0.15) is 18.1 Å². The molecule has 0 bridgehead atoms. The summed E-state index contributed by atoms with van der Waals surface area (Å²) in [5, 5.41) is 8.26. The summed E-state index contributed by atoms with van der Waals surface area (Å²) in [5.74, 6) is 3.20. The predicted molar refractivity (Wildman–Crippen MR) is 246 cm³/mol. The van der Waals surface area contributed by atoms with Crippen molar-refractivity contribution in [2.24, 2.45) is 18.7 Å². The first-order chi connectivity index (χ1) is 31.8. The highest BCUT2D eigenvalue weighted by Crippen LogP contribution is 2.31. The second-order valence-corrected chi connectivity index (χ2v) is 17.6. The minimum absolute atomic E-state index is 0.0124. The molecule has 4 aromatic rings. The average molecular weight is 899 g/mol. The van der Waals surface area contributed by atoms with Crippen LogP contribution in [-0.4, -0.2) is 91.5 Å². The van der Waals surface area contributed by atoms with Crippen molar-refractivity contribution in [3.05, 3.63) is 106 Å². The molecule has 0 aliphatic carbocycles. The summed E-state index contributed by atoms with van der Waals surface area (Å²) in [4.78, 5) is 108. The second-order valence-electron chi connectivity index (χ2n) is 17.6. The minimum Gasteiger partial charge on any atom is -0.370 e. The van der Waals surface area contributed by atoms with Crippen LogP contribution in [0.15, 0.2) is 83.7 Å². The predicted octanol–water partition coefficient (Wildman–Crippen LogP) is 3.50. The number of amides is 7. The second kappa shape index (κ2) is 21.3. The number of rotatable bonds is 15. The Morgan fingerprint density at radius 1 is 0.833 bits per heavy atom. The molecular formula is C50H58N8O8. The Hall–Kier alpha value is -7.02. The van der Waals surface area contributed by atoms with Crippen molar-refractivity contribution in [2.75, 3.05) is 13.1 Å². The Morgan fingerprint density at radius 2 is 1.55 bits per heavy atom. The number of imide groups is 1. The maximum Gasteiger partial charge on any atom is 0.329 e. The van der Waals surface area contributed by atoms with E-state index in [0.717, 1.165) is 29.5 Å². The fraction of sp³-hybridized carbons (Fsp3) is 0.440. The third kappa shape index (κ3) is 10.9. The molecule has 5 N–H and O–H groups in total. The van der Waals surface area contributed by atoms with Crippen LogP contribution in [0, 0.1) is 17.8 Å². The molecule has 16 nitrogen and oxygen atoms in total. The van der Waals surface area contributed by atoms with E-state index in [0.29, 0.717) is 56.1 Å². The van der Waals surface area contributed by atoms with Crippen LogP contribution >= 0.6 is 0 Å². The lowest BCUT2D eigenvalue weighted by atomic mass is 9.98. The van der Waals surface area contributed by atoms with Gasteiger partial charge >= 0.3 is 5.69 Å². The number of fused-ring (bicyclic) bond motifs is 2. The van der Waals surface area contributed by atoms with E-state index in [1.807, 2.05) is 72.8 Å². The lowest BCUT2D eigenvalue weighted by Crippen LogP contribution is -2.57. The van der Waals surface area contributed by atoms with Gasteiger partial charge in [-0.3, -0.25) is 48.0 Å². The minimum atomic E-state index is -1.08. The summed E-state index contributed by atoms with van der Waals surface area (Å²) in [6.45, 7) is 2.46. The lowest BCUT2D eigenvalue weighted by Gasteiger charge is -2.38. The van der Waals surface area contributed by atoms with Gasteiger partial charge in [0.05, 0.1) is 23.0 Å². The zero-order chi connectivity index (χ0) is 46.9. The molecule has 346 valence electrons. The first kappa shape index (κ1) is 47.0. The van der Waals surface area contributed by atoms with Gasteiger partial charge in [-0.1, -0.05) is 85.8 Å². The number of unbranched alkanes of at least 4 members (excludes halogenated alkanes) is 3. The van der Waals surface area contributed by atoms with Crippen LogP contribution in [0.3, 0.4) is 0 Å². The number of piperidine rings is 1. The van der Waals surface area contributed by atoms with Crippen LogP contribution in [0.1, 0.15) is 113 Å². The maximum atomic E-state index is 14.0. The molecular weight excluding hydrogens is 841 g/mol. The number of hydrogen-bond donors (Lipinski definition) is 4. The quantitative estimate of drug-likeness (QED) is 0.0786. The highest BCUT2D eigenvalue weighted by molar-refractivity contribution is 6.00. The molecule has 16 heteroatoms. The highest BCUT2D eigenvalue weighted by atomic mass is 16.2. The van der Waals surface area contributed by atoms with Gasteiger partial charge in [0, 0.05) is 57.4 Å². The van der Waals surface area contributed by atoms with Crippen molar-refractivity contribution in [2.45, 2.75) is 114 Å². The molecule has 0 saturated carbocycles. The number of aromatic nitrogens is 2. The number of nitrogens with two attached hydrogens (primary N) is 1. The van der Waals surface area contributed by atoms with E-state index in [1.54, 1.807) is 29.8 Å². The molecule has 0 radical (unpaired) electrons. The molecule has 3 aromatic carbocycles. The van der Waals surface area contributed by atoms with E-state index < -0.39 is 53.7 Å². The number of carbonyl (C=O) groups is 7. The van der Waals surface area contributed by atoms with E-state index in [4.69, 9.17) is 5.73 Å². The van der Waals surface area contributed by atoms with E-state index in [9.17, 15) is 38.4 Å². The van der Waals surface area contributed by atoms with Gasteiger partial charge in [-0.05, 0) is 74.3 Å². The largest absolute Gasteiger partial charge is 0.370 e. The SMILES string of the molecule is C[C@H]1CN(C(=O)CCCCCC#Cc2ccc3c(c2)n(C)c(=O)n3C2CCC(=O)NC2=O)CC[C@H]2CC[C@@H](C(=O)N[C@@H](CCC(N)=O)C(=O)NC(c3ccccc3)c3ccccc3)N2C1=O. The van der Waals surface area contributed by atoms with Crippen LogP contribution in [-0.2, 0) is 40.6 Å². The molecule has 5 atom stereocenters. The van der Waals surface area contributed by atoms with Crippen molar-refractivity contribution in [3.8, 4) is 11.8 Å². The number of nitrogens with zero attached hydrogens (tertiary/aromatic N) is 4. The Bertz CT molecular complexity index is 2560. The topological polar surface area (TPSA) is 215 Å². The number of primary amides is 1. The monoisotopic (exact) mass is 898 g/mol.